The molecule has 2 aromatic heterocycles. The van der Waals surface area contributed by atoms with Crippen LogP contribution in [0.15, 0.2) is 16.8 Å². The summed E-state index contributed by atoms with van der Waals surface area (Å²) in [6.45, 7) is 4.45. The number of carbonyl (C=O) groups is 1. The maximum atomic E-state index is 12.2. The zero-order chi connectivity index (χ0) is 19.2. The van der Waals surface area contributed by atoms with Crippen LogP contribution in [0.5, 0.6) is 0 Å². The van der Waals surface area contributed by atoms with Crippen LogP contribution in [0.1, 0.15) is 86.7 Å². The van der Waals surface area contributed by atoms with E-state index >= 15 is 0 Å². The molecule has 0 fully saturated rings. The van der Waals surface area contributed by atoms with Gasteiger partial charge in [-0.2, -0.15) is 0 Å². The number of hydrogen-bond donors (Lipinski definition) is 1. The quantitative estimate of drug-likeness (QED) is 0.329. The molecule has 0 saturated heterocycles. The molecular formula is C23H30O2S2. The Kier molecular flexibility index (Phi) is 7.31. The molecule has 27 heavy (non-hydrogen) atoms. The van der Waals surface area contributed by atoms with E-state index in [0.29, 0.717) is 5.56 Å². The molecule has 0 unspecified atom stereocenters. The predicted octanol–water partition coefficient (Wildman–Crippen LogP) is 8.06. The highest BCUT2D eigenvalue weighted by Crippen LogP contribution is 2.40. The van der Waals surface area contributed by atoms with E-state index in [1.807, 2.05) is 0 Å². The first kappa shape index (κ1) is 20.3. The largest absolute Gasteiger partial charge is 0.478 e. The highest BCUT2D eigenvalue weighted by atomic mass is 32.1. The normalized spacial score (nSPS) is 11.6. The first-order valence-corrected chi connectivity index (χ1v) is 12.1. The first-order chi connectivity index (χ1) is 13.2. The van der Waals surface area contributed by atoms with E-state index in [2.05, 4.69) is 30.7 Å². The SMILES string of the molecule is CCCCCCc1csc2c(C(=O)O)c3c(CCCCCC)csc3cc12. The van der Waals surface area contributed by atoms with Crippen molar-refractivity contribution in [1.29, 1.82) is 0 Å². The third-order valence-corrected chi connectivity index (χ3v) is 7.41. The van der Waals surface area contributed by atoms with E-state index < -0.39 is 5.97 Å². The van der Waals surface area contributed by atoms with Crippen LogP contribution in [0, 0.1) is 0 Å². The van der Waals surface area contributed by atoms with E-state index in [-0.39, 0.29) is 0 Å². The summed E-state index contributed by atoms with van der Waals surface area (Å²) >= 11 is 3.32. The van der Waals surface area contributed by atoms with Crippen LogP contribution in [0.4, 0.5) is 0 Å². The highest BCUT2D eigenvalue weighted by molar-refractivity contribution is 7.19. The van der Waals surface area contributed by atoms with E-state index in [0.717, 1.165) is 34.0 Å². The van der Waals surface area contributed by atoms with Gasteiger partial charge in [0.1, 0.15) is 0 Å². The van der Waals surface area contributed by atoms with Crippen LogP contribution in [-0.4, -0.2) is 11.1 Å². The Morgan fingerprint density at radius 1 is 0.889 bits per heavy atom. The average molecular weight is 403 g/mol. The Bertz CT molecular complexity index is 904. The summed E-state index contributed by atoms with van der Waals surface area (Å²) < 4.78 is 2.10. The molecule has 0 saturated carbocycles. The standard InChI is InChI=1S/C23H30O2S2/c1-3-5-7-9-11-16-14-27-22-18(16)13-19-20(21(22)23(24)25)17(15-26-19)12-10-8-6-4-2/h13-15H,3-12H2,1-2H3,(H,24,25). The van der Waals surface area contributed by atoms with Crippen molar-refractivity contribution in [3.63, 3.8) is 0 Å². The number of benzene rings is 1. The summed E-state index contributed by atoms with van der Waals surface area (Å²) in [7, 11) is 0. The van der Waals surface area contributed by atoms with Crippen LogP contribution >= 0.6 is 22.7 Å². The van der Waals surface area contributed by atoms with Crippen molar-refractivity contribution in [2.24, 2.45) is 0 Å². The van der Waals surface area contributed by atoms with Crippen molar-refractivity contribution in [3.8, 4) is 0 Å². The molecule has 0 aliphatic heterocycles. The molecule has 0 spiro atoms. The van der Waals surface area contributed by atoms with Crippen molar-refractivity contribution in [2.45, 2.75) is 78.1 Å². The van der Waals surface area contributed by atoms with Crippen LogP contribution in [0.25, 0.3) is 20.2 Å². The van der Waals surface area contributed by atoms with Crippen molar-refractivity contribution < 1.29 is 9.90 Å². The molecule has 0 radical (unpaired) electrons. The lowest BCUT2D eigenvalue weighted by atomic mass is 9.98. The Balaban J connectivity index is 1.96. The van der Waals surface area contributed by atoms with Gasteiger partial charge in [0.2, 0.25) is 0 Å². The van der Waals surface area contributed by atoms with E-state index in [1.54, 1.807) is 22.7 Å². The summed E-state index contributed by atoms with van der Waals surface area (Å²) in [5.74, 6) is -0.779. The third-order valence-electron chi connectivity index (χ3n) is 5.37. The monoisotopic (exact) mass is 402 g/mol. The van der Waals surface area contributed by atoms with Gasteiger partial charge in [-0.1, -0.05) is 52.4 Å². The van der Waals surface area contributed by atoms with Gasteiger partial charge in [-0.15, -0.1) is 22.7 Å². The molecule has 2 heterocycles. The Morgan fingerprint density at radius 3 is 2.15 bits per heavy atom. The molecular weight excluding hydrogens is 372 g/mol. The number of rotatable bonds is 11. The molecule has 2 nitrogen and oxygen atoms in total. The fourth-order valence-corrected chi connectivity index (χ4v) is 6.04. The van der Waals surface area contributed by atoms with Gasteiger partial charge in [0.15, 0.2) is 0 Å². The topological polar surface area (TPSA) is 37.3 Å². The van der Waals surface area contributed by atoms with Crippen molar-refractivity contribution in [1.82, 2.24) is 0 Å². The number of carboxylic acids is 1. The fourth-order valence-electron chi connectivity index (χ4n) is 3.87. The van der Waals surface area contributed by atoms with Crippen LogP contribution < -0.4 is 0 Å². The van der Waals surface area contributed by atoms with Gasteiger partial charge in [-0.05, 0) is 59.0 Å². The summed E-state index contributed by atoms with van der Waals surface area (Å²) in [5, 5.41) is 16.5. The molecule has 3 aromatic rings. The number of fused-ring (bicyclic) bond motifs is 2. The number of aryl methyl sites for hydroxylation is 2. The van der Waals surface area contributed by atoms with Crippen molar-refractivity contribution >= 4 is 48.8 Å². The van der Waals surface area contributed by atoms with Gasteiger partial charge in [0.25, 0.3) is 0 Å². The zero-order valence-electron chi connectivity index (χ0n) is 16.5. The molecule has 4 heteroatoms. The lowest BCUT2D eigenvalue weighted by Crippen LogP contribution is -1.99. The zero-order valence-corrected chi connectivity index (χ0v) is 18.1. The molecule has 146 valence electrons. The van der Waals surface area contributed by atoms with Gasteiger partial charge >= 0.3 is 5.97 Å². The molecule has 0 bridgehead atoms. The van der Waals surface area contributed by atoms with Gasteiger partial charge in [-0.3, -0.25) is 0 Å². The van der Waals surface area contributed by atoms with Gasteiger partial charge < -0.3 is 5.11 Å². The average Bonchev–Trinajstić information content (AvgIpc) is 3.24. The Hall–Kier alpha value is -1.39. The number of aromatic carboxylic acids is 1. The molecule has 1 N–H and O–H groups in total. The fraction of sp³-hybridized carbons (Fsp3) is 0.522. The second-order valence-corrected chi connectivity index (χ2v) is 9.24. The summed E-state index contributed by atoms with van der Waals surface area (Å²) in [6, 6.07) is 2.25. The Morgan fingerprint density at radius 2 is 1.52 bits per heavy atom. The van der Waals surface area contributed by atoms with Crippen LogP contribution in [0.2, 0.25) is 0 Å². The van der Waals surface area contributed by atoms with Crippen LogP contribution in [0.3, 0.4) is 0 Å². The minimum Gasteiger partial charge on any atom is -0.478 e. The van der Waals surface area contributed by atoms with Crippen molar-refractivity contribution in [2.75, 3.05) is 0 Å². The molecule has 0 aliphatic carbocycles. The summed E-state index contributed by atoms with van der Waals surface area (Å²) in [4.78, 5) is 12.2. The van der Waals surface area contributed by atoms with E-state index in [1.165, 1.54) is 61.5 Å². The maximum Gasteiger partial charge on any atom is 0.337 e. The molecule has 1 aromatic carbocycles. The first-order valence-electron chi connectivity index (χ1n) is 10.3. The highest BCUT2D eigenvalue weighted by Gasteiger charge is 2.20. The summed E-state index contributed by atoms with van der Waals surface area (Å²) in [5.41, 5.74) is 3.09. The molecule has 0 amide bonds. The third kappa shape index (κ3) is 4.55. The lowest BCUT2D eigenvalue weighted by Gasteiger charge is -2.06. The number of thiophene rings is 2. The predicted molar refractivity (Wildman–Crippen MR) is 120 cm³/mol. The van der Waals surface area contributed by atoms with Gasteiger partial charge in [0.05, 0.1) is 5.56 Å². The van der Waals surface area contributed by atoms with Gasteiger partial charge in [0, 0.05) is 14.8 Å². The van der Waals surface area contributed by atoms with E-state index in [4.69, 9.17) is 0 Å². The molecule has 0 aliphatic rings. The maximum absolute atomic E-state index is 12.2. The Labute approximate surface area is 170 Å². The molecule has 3 rings (SSSR count). The van der Waals surface area contributed by atoms with E-state index in [9.17, 15) is 9.90 Å². The second-order valence-electron chi connectivity index (χ2n) is 7.45. The number of unbranched alkanes of at least 4 members (excludes halogenated alkanes) is 6. The summed E-state index contributed by atoms with van der Waals surface area (Å²) in [6.07, 6.45) is 11.8. The second kappa shape index (κ2) is 9.70. The number of hydrogen-bond acceptors (Lipinski definition) is 3. The lowest BCUT2D eigenvalue weighted by molar-refractivity contribution is 0.0701. The smallest absolute Gasteiger partial charge is 0.337 e. The van der Waals surface area contributed by atoms with Crippen LogP contribution in [-0.2, 0) is 12.8 Å². The minimum atomic E-state index is -0.779. The van der Waals surface area contributed by atoms with Gasteiger partial charge in [-0.25, -0.2) is 4.79 Å². The number of carboxylic acid groups (broad SMARTS) is 1. The van der Waals surface area contributed by atoms with Crippen molar-refractivity contribution in [3.05, 3.63) is 33.5 Å². The minimum absolute atomic E-state index is 0.541. The molecule has 0 atom stereocenters.